The van der Waals surface area contributed by atoms with Gasteiger partial charge in [0.15, 0.2) is 5.78 Å². The standard InChI is InChI=1S/C10H22N2O/c1-8(2)10(13)9(12(3)4)6-5-7-11/h8-9H,5-7,11H2,1-4H3/t9-/m0/s1. The summed E-state index contributed by atoms with van der Waals surface area (Å²) in [5.74, 6) is 0.434. The van der Waals surface area contributed by atoms with Gasteiger partial charge in [-0.25, -0.2) is 0 Å². The number of hydrogen-bond acceptors (Lipinski definition) is 3. The predicted molar refractivity (Wildman–Crippen MR) is 55.6 cm³/mol. The van der Waals surface area contributed by atoms with E-state index in [-0.39, 0.29) is 12.0 Å². The molecule has 0 bridgehead atoms. The zero-order chi connectivity index (χ0) is 10.4. The number of nitrogens with zero attached hydrogens (tertiary/aromatic N) is 1. The summed E-state index contributed by atoms with van der Waals surface area (Å²) in [6.45, 7) is 4.55. The van der Waals surface area contributed by atoms with Gasteiger partial charge in [0.05, 0.1) is 6.04 Å². The maximum absolute atomic E-state index is 11.7. The molecule has 0 aliphatic rings. The van der Waals surface area contributed by atoms with Crippen molar-refractivity contribution >= 4 is 5.78 Å². The molecule has 0 aromatic rings. The zero-order valence-electron chi connectivity index (χ0n) is 9.21. The smallest absolute Gasteiger partial charge is 0.152 e. The first kappa shape index (κ1) is 12.6. The Morgan fingerprint density at radius 2 is 1.92 bits per heavy atom. The van der Waals surface area contributed by atoms with Crippen molar-refractivity contribution in [2.24, 2.45) is 11.7 Å². The molecule has 0 aromatic heterocycles. The van der Waals surface area contributed by atoms with Crippen molar-refractivity contribution in [3.8, 4) is 0 Å². The second-order valence-corrected chi connectivity index (χ2v) is 3.97. The Bertz CT molecular complexity index is 155. The molecule has 0 amide bonds. The molecule has 0 spiro atoms. The van der Waals surface area contributed by atoms with Crippen molar-refractivity contribution < 1.29 is 4.79 Å². The third kappa shape index (κ3) is 4.39. The van der Waals surface area contributed by atoms with Crippen LogP contribution in [0.15, 0.2) is 0 Å². The molecule has 1 atom stereocenters. The predicted octanol–water partition coefficient (Wildman–Crippen LogP) is 0.881. The molecule has 0 aliphatic heterocycles. The molecule has 0 saturated carbocycles. The quantitative estimate of drug-likeness (QED) is 0.670. The molecule has 0 aromatic carbocycles. The topological polar surface area (TPSA) is 46.3 Å². The second-order valence-electron chi connectivity index (χ2n) is 3.97. The first-order chi connectivity index (χ1) is 6.00. The summed E-state index contributed by atoms with van der Waals surface area (Å²) in [5, 5.41) is 0. The summed E-state index contributed by atoms with van der Waals surface area (Å²) < 4.78 is 0. The van der Waals surface area contributed by atoms with Crippen LogP contribution < -0.4 is 5.73 Å². The van der Waals surface area contributed by atoms with E-state index < -0.39 is 0 Å². The van der Waals surface area contributed by atoms with Gasteiger partial charge >= 0.3 is 0 Å². The Morgan fingerprint density at radius 3 is 2.23 bits per heavy atom. The highest BCUT2D eigenvalue weighted by molar-refractivity contribution is 5.85. The summed E-state index contributed by atoms with van der Waals surface area (Å²) >= 11 is 0. The zero-order valence-corrected chi connectivity index (χ0v) is 9.21. The van der Waals surface area contributed by atoms with Crippen molar-refractivity contribution in [3.63, 3.8) is 0 Å². The molecule has 0 fully saturated rings. The van der Waals surface area contributed by atoms with Gasteiger partial charge < -0.3 is 5.73 Å². The van der Waals surface area contributed by atoms with Gasteiger partial charge in [-0.3, -0.25) is 9.69 Å². The van der Waals surface area contributed by atoms with Crippen molar-refractivity contribution in [2.45, 2.75) is 32.7 Å². The molecular weight excluding hydrogens is 164 g/mol. The van der Waals surface area contributed by atoms with E-state index in [0.717, 1.165) is 12.8 Å². The maximum atomic E-state index is 11.7. The van der Waals surface area contributed by atoms with Crippen LogP contribution in [0.4, 0.5) is 0 Å². The summed E-state index contributed by atoms with van der Waals surface area (Å²) in [7, 11) is 3.89. The van der Waals surface area contributed by atoms with Crippen LogP contribution in [0.5, 0.6) is 0 Å². The van der Waals surface area contributed by atoms with Crippen LogP contribution in [-0.4, -0.2) is 37.4 Å². The number of ketones is 1. The number of nitrogens with two attached hydrogens (primary N) is 1. The summed E-state index contributed by atoms with van der Waals surface area (Å²) in [6.07, 6.45) is 1.79. The minimum absolute atomic E-state index is 0.0450. The maximum Gasteiger partial charge on any atom is 0.152 e. The fourth-order valence-corrected chi connectivity index (χ4v) is 1.35. The van der Waals surface area contributed by atoms with E-state index in [2.05, 4.69) is 0 Å². The van der Waals surface area contributed by atoms with Crippen LogP contribution in [0.1, 0.15) is 26.7 Å². The van der Waals surface area contributed by atoms with Crippen molar-refractivity contribution in [1.29, 1.82) is 0 Å². The van der Waals surface area contributed by atoms with Crippen molar-refractivity contribution in [1.82, 2.24) is 4.90 Å². The summed E-state index contributed by atoms with van der Waals surface area (Å²) in [6, 6.07) is 0.0450. The molecule has 2 N–H and O–H groups in total. The Hall–Kier alpha value is -0.410. The molecule has 78 valence electrons. The Labute approximate surface area is 81.3 Å². The second kappa shape index (κ2) is 6.11. The molecule has 0 heterocycles. The lowest BCUT2D eigenvalue weighted by Crippen LogP contribution is -2.38. The van der Waals surface area contributed by atoms with Gasteiger partial charge in [0, 0.05) is 5.92 Å². The SMILES string of the molecule is CC(C)C(=O)[C@H](CCCN)N(C)C. The van der Waals surface area contributed by atoms with Crippen LogP contribution in [0.25, 0.3) is 0 Å². The highest BCUT2D eigenvalue weighted by atomic mass is 16.1. The van der Waals surface area contributed by atoms with Gasteiger partial charge in [0.25, 0.3) is 0 Å². The largest absolute Gasteiger partial charge is 0.330 e. The first-order valence-corrected chi connectivity index (χ1v) is 4.91. The average Bonchev–Trinajstić information content (AvgIpc) is 2.04. The summed E-state index contributed by atoms with van der Waals surface area (Å²) in [5.41, 5.74) is 5.42. The third-order valence-corrected chi connectivity index (χ3v) is 2.20. The highest BCUT2D eigenvalue weighted by Gasteiger charge is 2.22. The number of carbonyl (C=O) groups is 1. The lowest BCUT2D eigenvalue weighted by Gasteiger charge is -2.24. The van der Waals surface area contributed by atoms with E-state index in [1.54, 1.807) is 0 Å². The molecule has 0 radical (unpaired) electrons. The van der Waals surface area contributed by atoms with Crippen molar-refractivity contribution in [3.05, 3.63) is 0 Å². The Balaban J connectivity index is 4.16. The molecule has 0 rings (SSSR count). The Morgan fingerprint density at radius 1 is 1.38 bits per heavy atom. The first-order valence-electron chi connectivity index (χ1n) is 4.91. The monoisotopic (exact) mass is 186 g/mol. The number of likely N-dealkylation sites (N-methyl/N-ethyl adjacent to an activating group) is 1. The van der Waals surface area contributed by atoms with Gasteiger partial charge in [0.2, 0.25) is 0 Å². The van der Waals surface area contributed by atoms with Crippen LogP contribution in [-0.2, 0) is 4.79 Å². The van der Waals surface area contributed by atoms with E-state index in [1.165, 1.54) is 0 Å². The van der Waals surface area contributed by atoms with Gasteiger partial charge in [-0.05, 0) is 33.5 Å². The number of carbonyl (C=O) groups excluding carboxylic acids is 1. The van der Waals surface area contributed by atoms with Crippen LogP contribution >= 0.6 is 0 Å². The van der Waals surface area contributed by atoms with Crippen LogP contribution in [0.2, 0.25) is 0 Å². The van der Waals surface area contributed by atoms with E-state index in [4.69, 9.17) is 5.73 Å². The Kier molecular flexibility index (Phi) is 5.91. The average molecular weight is 186 g/mol. The van der Waals surface area contributed by atoms with Gasteiger partial charge in [-0.15, -0.1) is 0 Å². The summed E-state index contributed by atoms with van der Waals surface area (Å²) in [4.78, 5) is 13.7. The van der Waals surface area contributed by atoms with Gasteiger partial charge in [-0.2, -0.15) is 0 Å². The van der Waals surface area contributed by atoms with Gasteiger partial charge in [0.1, 0.15) is 0 Å². The number of Topliss-reactive ketones (excluding diaryl/α,β-unsaturated/α-hetero) is 1. The molecule has 3 heteroatoms. The molecular formula is C10H22N2O. The minimum Gasteiger partial charge on any atom is -0.330 e. The molecule has 3 nitrogen and oxygen atoms in total. The van der Waals surface area contributed by atoms with Crippen LogP contribution in [0, 0.1) is 5.92 Å². The number of rotatable bonds is 6. The lowest BCUT2D eigenvalue weighted by molar-refractivity contribution is -0.126. The van der Waals surface area contributed by atoms with E-state index in [0.29, 0.717) is 12.3 Å². The van der Waals surface area contributed by atoms with Crippen molar-refractivity contribution in [2.75, 3.05) is 20.6 Å². The molecule has 0 saturated heterocycles. The lowest BCUT2D eigenvalue weighted by atomic mass is 9.97. The minimum atomic E-state index is 0.0450. The normalized spacial score (nSPS) is 13.8. The molecule has 13 heavy (non-hydrogen) atoms. The fraction of sp³-hybridized carbons (Fsp3) is 0.900. The van der Waals surface area contributed by atoms with E-state index in [1.807, 2.05) is 32.8 Å². The number of hydrogen-bond donors (Lipinski definition) is 1. The fourth-order valence-electron chi connectivity index (χ4n) is 1.35. The van der Waals surface area contributed by atoms with E-state index in [9.17, 15) is 4.79 Å². The molecule has 0 aliphatic carbocycles. The molecule has 0 unspecified atom stereocenters. The third-order valence-electron chi connectivity index (χ3n) is 2.20. The van der Waals surface area contributed by atoms with E-state index >= 15 is 0 Å². The van der Waals surface area contributed by atoms with Crippen LogP contribution in [0.3, 0.4) is 0 Å². The van der Waals surface area contributed by atoms with Gasteiger partial charge in [-0.1, -0.05) is 13.8 Å². The highest BCUT2D eigenvalue weighted by Crippen LogP contribution is 2.09.